The van der Waals surface area contributed by atoms with Crippen LogP contribution in [0.5, 0.6) is 5.88 Å². The molecule has 0 saturated carbocycles. The van der Waals surface area contributed by atoms with Gasteiger partial charge >= 0.3 is 6.36 Å². The predicted molar refractivity (Wildman–Crippen MR) is 48.2 cm³/mol. The summed E-state index contributed by atoms with van der Waals surface area (Å²) in [4.78, 5) is 3.36. The number of nitrogens with two attached hydrogens (primary N) is 2. The fourth-order valence-electron chi connectivity index (χ4n) is 0.917. The Labute approximate surface area is 88.0 Å². The van der Waals surface area contributed by atoms with Gasteiger partial charge < -0.3 is 16.2 Å². The van der Waals surface area contributed by atoms with Gasteiger partial charge in [0.15, 0.2) is 0 Å². The summed E-state index contributed by atoms with van der Waals surface area (Å²) in [5.74, 6) is -0.674. The molecule has 0 aromatic carbocycles. The highest BCUT2D eigenvalue weighted by Crippen LogP contribution is 2.31. The van der Waals surface area contributed by atoms with Crippen LogP contribution >= 0.6 is 11.6 Å². The van der Waals surface area contributed by atoms with E-state index in [0.29, 0.717) is 0 Å². The summed E-state index contributed by atoms with van der Waals surface area (Å²) in [6, 6.07) is 0. The molecule has 1 rings (SSSR count). The highest BCUT2D eigenvalue weighted by atomic mass is 35.5. The molecule has 0 saturated heterocycles. The maximum atomic E-state index is 11.9. The van der Waals surface area contributed by atoms with E-state index in [1.54, 1.807) is 0 Å². The summed E-state index contributed by atoms with van der Waals surface area (Å²) < 4.78 is 39.4. The first-order chi connectivity index (χ1) is 6.85. The average molecular weight is 242 g/mol. The van der Waals surface area contributed by atoms with Crippen LogP contribution in [0, 0.1) is 0 Å². The summed E-state index contributed by atoms with van der Waals surface area (Å²) >= 11 is 5.56. The number of hydrogen-bond donors (Lipinski definition) is 2. The van der Waals surface area contributed by atoms with Crippen molar-refractivity contribution in [1.82, 2.24) is 4.98 Å². The molecule has 0 aliphatic rings. The van der Waals surface area contributed by atoms with Crippen molar-refractivity contribution in [1.29, 1.82) is 0 Å². The molecule has 0 bridgehead atoms. The van der Waals surface area contributed by atoms with E-state index in [9.17, 15) is 13.2 Å². The third kappa shape index (κ3) is 2.87. The van der Waals surface area contributed by atoms with E-state index in [1.807, 2.05) is 0 Å². The molecule has 15 heavy (non-hydrogen) atoms. The van der Waals surface area contributed by atoms with E-state index >= 15 is 0 Å². The van der Waals surface area contributed by atoms with Gasteiger partial charge in [0.05, 0.1) is 22.5 Å². The van der Waals surface area contributed by atoms with E-state index in [1.165, 1.54) is 0 Å². The molecular weight excluding hydrogens is 235 g/mol. The van der Waals surface area contributed by atoms with Gasteiger partial charge in [-0.15, -0.1) is 13.2 Å². The van der Waals surface area contributed by atoms with E-state index in [-0.39, 0.29) is 22.8 Å². The quantitative estimate of drug-likeness (QED) is 0.826. The van der Waals surface area contributed by atoms with Crippen molar-refractivity contribution in [3.8, 4) is 5.88 Å². The zero-order valence-electron chi connectivity index (χ0n) is 7.31. The van der Waals surface area contributed by atoms with E-state index < -0.39 is 12.2 Å². The van der Waals surface area contributed by atoms with Crippen LogP contribution in [-0.2, 0) is 6.54 Å². The topological polar surface area (TPSA) is 74.2 Å². The molecule has 0 aliphatic heterocycles. The summed E-state index contributed by atoms with van der Waals surface area (Å²) in [6.07, 6.45) is -3.87. The van der Waals surface area contributed by atoms with Gasteiger partial charge in [0.25, 0.3) is 0 Å². The highest BCUT2D eigenvalue weighted by Gasteiger charge is 2.33. The van der Waals surface area contributed by atoms with Crippen LogP contribution in [0.3, 0.4) is 0 Å². The van der Waals surface area contributed by atoms with Gasteiger partial charge in [-0.3, -0.25) is 0 Å². The van der Waals surface area contributed by atoms with Crippen molar-refractivity contribution in [3.63, 3.8) is 0 Å². The van der Waals surface area contributed by atoms with Crippen molar-refractivity contribution >= 4 is 17.3 Å². The van der Waals surface area contributed by atoms with Crippen LogP contribution in [0.1, 0.15) is 5.56 Å². The molecule has 84 valence electrons. The molecule has 0 atom stereocenters. The summed E-state index contributed by atoms with van der Waals surface area (Å²) in [7, 11) is 0. The minimum atomic E-state index is -4.84. The third-order valence-electron chi connectivity index (χ3n) is 1.55. The maximum Gasteiger partial charge on any atom is 0.574 e. The van der Waals surface area contributed by atoms with Crippen LogP contribution in [-0.4, -0.2) is 11.3 Å². The number of alkyl halides is 3. The van der Waals surface area contributed by atoms with Crippen molar-refractivity contribution in [2.24, 2.45) is 5.73 Å². The second kappa shape index (κ2) is 4.11. The molecule has 0 fully saturated rings. The average Bonchev–Trinajstić information content (AvgIpc) is 2.10. The van der Waals surface area contributed by atoms with Crippen LogP contribution in [0.15, 0.2) is 6.20 Å². The molecule has 0 amide bonds. The molecule has 0 spiro atoms. The SMILES string of the molecule is NCc1c(OC(F)(F)F)ncc(Cl)c1N. The Hall–Kier alpha value is -1.21. The minimum Gasteiger partial charge on any atom is -0.397 e. The van der Waals surface area contributed by atoms with Gasteiger partial charge in [-0.05, 0) is 0 Å². The molecule has 1 aromatic heterocycles. The van der Waals surface area contributed by atoms with Gasteiger partial charge in [0.1, 0.15) is 0 Å². The lowest BCUT2D eigenvalue weighted by Gasteiger charge is -2.13. The van der Waals surface area contributed by atoms with Crippen molar-refractivity contribution in [2.75, 3.05) is 5.73 Å². The molecule has 0 aliphatic carbocycles. The lowest BCUT2D eigenvalue weighted by atomic mass is 10.2. The van der Waals surface area contributed by atoms with Gasteiger partial charge in [-0.1, -0.05) is 11.6 Å². The fraction of sp³-hybridized carbons (Fsp3) is 0.286. The Bertz CT molecular complexity index is 369. The second-order valence-electron chi connectivity index (χ2n) is 2.56. The second-order valence-corrected chi connectivity index (χ2v) is 2.96. The molecular formula is C7H7ClF3N3O. The van der Waals surface area contributed by atoms with E-state index in [2.05, 4.69) is 9.72 Å². The van der Waals surface area contributed by atoms with Crippen LogP contribution < -0.4 is 16.2 Å². The van der Waals surface area contributed by atoms with Crippen molar-refractivity contribution < 1.29 is 17.9 Å². The number of anilines is 1. The monoisotopic (exact) mass is 241 g/mol. The number of nitrogens with zero attached hydrogens (tertiary/aromatic N) is 1. The number of ether oxygens (including phenoxy) is 1. The van der Waals surface area contributed by atoms with Crippen molar-refractivity contribution in [3.05, 3.63) is 16.8 Å². The lowest BCUT2D eigenvalue weighted by molar-refractivity contribution is -0.276. The Morgan fingerprint density at radius 2 is 2.07 bits per heavy atom. The van der Waals surface area contributed by atoms with Gasteiger partial charge in [0.2, 0.25) is 5.88 Å². The first kappa shape index (κ1) is 11.9. The summed E-state index contributed by atoms with van der Waals surface area (Å²) in [5, 5.41) is 0.0324. The molecule has 4 N–H and O–H groups in total. The van der Waals surface area contributed by atoms with E-state index in [4.69, 9.17) is 23.1 Å². The number of nitrogen functional groups attached to an aromatic ring is 1. The van der Waals surface area contributed by atoms with Gasteiger partial charge in [0, 0.05) is 6.54 Å². The molecule has 8 heteroatoms. The minimum absolute atomic E-state index is 0.0324. The first-order valence-electron chi connectivity index (χ1n) is 3.74. The Morgan fingerprint density at radius 3 is 2.53 bits per heavy atom. The standard InChI is InChI=1S/C7H7ClF3N3O/c8-4-2-14-6(15-7(9,10)11)3(1-12)5(4)13/h2H,1,12H2,(H2,13,14). The summed E-state index contributed by atoms with van der Waals surface area (Å²) in [5.41, 5.74) is 10.5. The zero-order valence-corrected chi connectivity index (χ0v) is 8.06. The number of pyridine rings is 1. The predicted octanol–water partition coefficient (Wildman–Crippen LogP) is 1.67. The van der Waals surface area contributed by atoms with Gasteiger partial charge in [-0.2, -0.15) is 0 Å². The van der Waals surface area contributed by atoms with Crippen LogP contribution in [0.25, 0.3) is 0 Å². The van der Waals surface area contributed by atoms with Crippen LogP contribution in [0.2, 0.25) is 5.02 Å². The number of halogens is 4. The zero-order chi connectivity index (χ0) is 11.6. The summed E-state index contributed by atoms with van der Waals surface area (Å²) in [6.45, 7) is -0.245. The largest absolute Gasteiger partial charge is 0.574 e. The van der Waals surface area contributed by atoms with Crippen LogP contribution in [0.4, 0.5) is 18.9 Å². The van der Waals surface area contributed by atoms with E-state index in [0.717, 1.165) is 6.20 Å². The maximum absolute atomic E-state index is 11.9. The normalized spacial score (nSPS) is 11.5. The molecule has 4 nitrogen and oxygen atoms in total. The van der Waals surface area contributed by atoms with Gasteiger partial charge in [-0.25, -0.2) is 4.98 Å². The Morgan fingerprint density at radius 1 is 1.47 bits per heavy atom. The fourth-order valence-corrected chi connectivity index (χ4v) is 1.08. The third-order valence-corrected chi connectivity index (χ3v) is 1.85. The molecule has 1 heterocycles. The Kier molecular flexibility index (Phi) is 3.25. The molecule has 1 aromatic rings. The smallest absolute Gasteiger partial charge is 0.397 e. The Balaban J connectivity index is 3.14. The molecule has 0 unspecified atom stereocenters. The highest BCUT2D eigenvalue weighted by molar-refractivity contribution is 6.33. The first-order valence-corrected chi connectivity index (χ1v) is 4.11. The lowest BCUT2D eigenvalue weighted by Crippen LogP contribution is -2.20. The number of hydrogen-bond acceptors (Lipinski definition) is 4. The van der Waals surface area contributed by atoms with Crippen molar-refractivity contribution in [2.45, 2.75) is 12.9 Å². The molecule has 0 radical (unpaired) electrons. The number of rotatable bonds is 2. The number of aromatic nitrogens is 1.